The molecule has 2 aromatic rings. The van der Waals surface area contributed by atoms with Crippen molar-refractivity contribution in [3.05, 3.63) is 28.7 Å². The lowest BCUT2D eigenvalue weighted by Gasteiger charge is -2.08. The summed E-state index contributed by atoms with van der Waals surface area (Å²) in [4.78, 5) is 13.0. The van der Waals surface area contributed by atoms with Crippen molar-refractivity contribution in [3.63, 3.8) is 0 Å². The molecule has 0 fully saturated rings. The van der Waals surface area contributed by atoms with Crippen molar-refractivity contribution < 1.29 is 9.53 Å². The zero-order valence-corrected chi connectivity index (χ0v) is 12.9. The van der Waals surface area contributed by atoms with Crippen molar-refractivity contribution in [1.82, 2.24) is 20.2 Å². The SMILES string of the molecule is CCCOC(=O)C(C)n1nnc(-c2ccc(Br)cc2)n1. The number of carbonyl (C=O) groups is 1. The molecule has 1 unspecified atom stereocenters. The lowest BCUT2D eigenvalue weighted by atomic mass is 10.2. The summed E-state index contributed by atoms with van der Waals surface area (Å²) >= 11 is 3.37. The van der Waals surface area contributed by atoms with Crippen LogP contribution in [-0.4, -0.2) is 32.8 Å². The second kappa shape index (κ2) is 6.60. The van der Waals surface area contributed by atoms with Gasteiger partial charge in [0.25, 0.3) is 0 Å². The Kier molecular flexibility index (Phi) is 4.84. The number of carbonyl (C=O) groups excluding carboxylic acids is 1. The predicted octanol–water partition coefficient (Wildman–Crippen LogP) is 2.62. The van der Waals surface area contributed by atoms with Crippen molar-refractivity contribution in [2.45, 2.75) is 26.3 Å². The molecule has 20 heavy (non-hydrogen) atoms. The Hall–Kier alpha value is -1.76. The van der Waals surface area contributed by atoms with E-state index in [0.717, 1.165) is 16.5 Å². The second-order valence-corrected chi connectivity index (χ2v) is 5.20. The summed E-state index contributed by atoms with van der Waals surface area (Å²) in [5.74, 6) is 0.124. The molecule has 1 aromatic carbocycles. The van der Waals surface area contributed by atoms with Gasteiger partial charge in [0.05, 0.1) is 6.61 Å². The third-order valence-corrected chi connectivity index (χ3v) is 3.20. The van der Waals surface area contributed by atoms with E-state index in [4.69, 9.17) is 4.74 Å². The minimum absolute atomic E-state index is 0.355. The molecular formula is C13H15BrN4O2. The number of tetrazole rings is 1. The molecule has 1 heterocycles. The molecule has 0 amide bonds. The molecule has 0 aliphatic carbocycles. The van der Waals surface area contributed by atoms with Gasteiger partial charge in [0, 0.05) is 10.0 Å². The summed E-state index contributed by atoms with van der Waals surface area (Å²) < 4.78 is 6.04. The molecule has 0 saturated carbocycles. The summed E-state index contributed by atoms with van der Waals surface area (Å²) in [6.45, 7) is 4.03. The van der Waals surface area contributed by atoms with Crippen LogP contribution in [-0.2, 0) is 9.53 Å². The molecule has 0 aliphatic rings. The quantitative estimate of drug-likeness (QED) is 0.783. The Balaban J connectivity index is 2.12. The van der Waals surface area contributed by atoms with Gasteiger partial charge < -0.3 is 4.74 Å². The van der Waals surface area contributed by atoms with Gasteiger partial charge >= 0.3 is 5.97 Å². The molecule has 0 aliphatic heterocycles. The monoisotopic (exact) mass is 338 g/mol. The second-order valence-electron chi connectivity index (χ2n) is 4.28. The highest BCUT2D eigenvalue weighted by Gasteiger charge is 2.19. The fourth-order valence-electron chi connectivity index (χ4n) is 1.52. The standard InChI is InChI=1S/C13H15BrN4O2/c1-3-8-20-13(19)9(2)18-16-12(15-17-18)10-4-6-11(14)7-5-10/h4-7,9H,3,8H2,1-2H3. The van der Waals surface area contributed by atoms with Gasteiger partial charge in [-0.2, -0.15) is 0 Å². The highest BCUT2D eigenvalue weighted by Crippen LogP contribution is 2.18. The van der Waals surface area contributed by atoms with E-state index in [9.17, 15) is 4.79 Å². The van der Waals surface area contributed by atoms with E-state index in [0.29, 0.717) is 12.4 Å². The zero-order chi connectivity index (χ0) is 14.5. The van der Waals surface area contributed by atoms with E-state index in [1.54, 1.807) is 6.92 Å². The number of hydrogen-bond donors (Lipinski definition) is 0. The van der Waals surface area contributed by atoms with Crippen molar-refractivity contribution in [1.29, 1.82) is 0 Å². The number of halogens is 1. The van der Waals surface area contributed by atoms with Crippen LogP contribution in [0.2, 0.25) is 0 Å². The lowest BCUT2D eigenvalue weighted by molar-refractivity contribution is -0.147. The van der Waals surface area contributed by atoms with Gasteiger partial charge in [0.15, 0.2) is 6.04 Å². The van der Waals surface area contributed by atoms with Crippen molar-refractivity contribution >= 4 is 21.9 Å². The normalized spacial score (nSPS) is 12.2. The Morgan fingerprint density at radius 1 is 1.40 bits per heavy atom. The molecule has 106 valence electrons. The molecule has 0 saturated heterocycles. The molecule has 1 atom stereocenters. The van der Waals surface area contributed by atoms with Crippen LogP contribution in [0.4, 0.5) is 0 Å². The summed E-state index contributed by atoms with van der Waals surface area (Å²) in [5.41, 5.74) is 0.841. The highest BCUT2D eigenvalue weighted by atomic mass is 79.9. The molecule has 0 N–H and O–H groups in total. The molecular weight excluding hydrogens is 324 g/mol. The van der Waals surface area contributed by atoms with Gasteiger partial charge in [-0.3, -0.25) is 0 Å². The summed E-state index contributed by atoms with van der Waals surface area (Å²) in [6.07, 6.45) is 0.785. The number of esters is 1. The van der Waals surface area contributed by atoms with Gasteiger partial charge in [0.1, 0.15) is 0 Å². The van der Waals surface area contributed by atoms with Gasteiger partial charge in [-0.15, -0.1) is 15.0 Å². The molecule has 2 rings (SSSR count). The zero-order valence-electron chi connectivity index (χ0n) is 11.3. The van der Waals surface area contributed by atoms with Crippen LogP contribution in [0.15, 0.2) is 28.7 Å². The van der Waals surface area contributed by atoms with E-state index >= 15 is 0 Å². The molecule has 6 nitrogen and oxygen atoms in total. The Morgan fingerprint density at radius 3 is 2.75 bits per heavy atom. The summed E-state index contributed by atoms with van der Waals surface area (Å²) in [6, 6.07) is 6.97. The first-order valence-electron chi connectivity index (χ1n) is 6.34. The fraction of sp³-hybridized carbons (Fsp3) is 0.385. The highest BCUT2D eigenvalue weighted by molar-refractivity contribution is 9.10. The predicted molar refractivity (Wildman–Crippen MR) is 76.9 cm³/mol. The first kappa shape index (κ1) is 14.6. The number of rotatable bonds is 5. The average molecular weight is 339 g/mol. The van der Waals surface area contributed by atoms with Gasteiger partial charge in [0.2, 0.25) is 5.82 Å². The van der Waals surface area contributed by atoms with Gasteiger partial charge in [-0.05, 0) is 42.8 Å². The average Bonchev–Trinajstić information content (AvgIpc) is 2.94. The van der Waals surface area contributed by atoms with Crippen LogP contribution in [0.3, 0.4) is 0 Å². The van der Waals surface area contributed by atoms with Crippen molar-refractivity contribution in [2.75, 3.05) is 6.61 Å². The summed E-state index contributed by atoms with van der Waals surface area (Å²) in [5, 5.41) is 12.1. The number of hydrogen-bond acceptors (Lipinski definition) is 5. The van der Waals surface area contributed by atoms with Crippen LogP contribution >= 0.6 is 15.9 Å². The Bertz CT molecular complexity index is 582. The molecule has 7 heteroatoms. The molecule has 0 spiro atoms. The van der Waals surface area contributed by atoms with Crippen molar-refractivity contribution in [2.24, 2.45) is 0 Å². The van der Waals surface area contributed by atoms with Crippen LogP contribution < -0.4 is 0 Å². The smallest absolute Gasteiger partial charge is 0.332 e. The maximum atomic E-state index is 11.7. The van der Waals surface area contributed by atoms with E-state index in [2.05, 4.69) is 31.3 Å². The number of ether oxygens (including phenoxy) is 1. The Labute approximate surface area is 125 Å². The first-order valence-corrected chi connectivity index (χ1v) is 7.13. The van der Waals surface area contributed by atoms with E-state index in [-0.39, 0.29) is 5.97 Å². The van der Waals surface area contributed by atoms with E-state index in [1.807, 2.05) is 31.2 Å². The van der Waals surface area contributed by atoms with E-state index in [1.165, 1.54) is 4.80 Å². The fourth-order valence-corrected chi connectivity index (χ4v) is 1.79. The molecule has 1 aromatic heterocycles. The summed E-state index contributed by atoms with van der Waals surface area (Å²) in [7, 11) is 0. The van der Waals surface area contributed by atoms with Crippen LogP contribution in [0.1, 0.15) is 26.3 Å². The Morgan fingerprint density at radius 2 is 2.10 bits per heavy atom. The van der Waals surface area contributed by atoms with Crippen LogP contribution in [0.5, 0.6) is 0 Å². The molecule has 0 radical (unpaired) electrons. The topological polar surface area (TPSA) is 69.9 Å². The number of benzene rings is 1. The minimum atomic E-state index is -0.585. The van der Waals surface area contributed by atoms with E-state index < -0.39 is 6.04 Å². The van der Waals surface area contributed by atoms with Crippen LogP contribution in [0.25, 0.3) is 11.4 Å². The van der Waals surface area contributed by atoms with Gasteiger partial charge in [-0.25, -0.2) is 4.79 Å². The van der Waals surface area contributed by atoms with Gasteiger partial charge in [-0.1, -0.05) is 22.9 Å². The third kappa shape index (κ3) is 3.41. The third-order valence-electron chi connectivity index (χ3n) is 2.67. The number of nitrogens with zero attached hydrogens (tertiary/aromatic N) is 4. The maximum Gasteiger partial charge on any atom is 0.332 e. The maximum absolute atomic E-state index is 11.7. The first-order chi connectivity index (χ1) is 9.61. The largest absolute Gasteiger partial charge is 0.464 e. The number of aromatic nitrogens is 4. The minimum Gasteiger partial charge on any atom is -0.464 e. The van der Waals surface area contributed by atoms with Crippen molar-refractivity contribution in [3.8, 4) is 11.4 Å². The van der Waals surface area contributed by atoms with Crippen LogP contribution in [0, 0.1) is 0 Å². The molecule has 0 bridgehead atoms. The lowest BCUT2D eigenvalue weighted by Crippen LogP contribution is -2.21.